The van der Waals surface area contributed by atoms with Crippen LogP contribution in [0.2, 0.25) is 0 Å². The van der Waals surface area contributed by atoms with Gasteiger partial charge in [0, 0.05) is 11.8 Å². The molecule has 3 rings (SSSR count). The number of alkyl halides is 3. The van der Waals surface area contributed by atoms with E-state index in [4.69, 9.17) is 4.74 Å². The molecule has 30 heavy (non-hydrogen) atoms. The molecule has 0 atom stereocenters. The highest BCUT2D eigenvalue weighted by molar-refractivity contribution is 6.47. The van der Waals surface area contributed by atoms with Crippen LogP contribution in [-0.4, -0.2) is 28.6 Å². The van der Waals surface area contributed by atoms with Gasteiger partial charge in [-0.25, -0.2) is 4.68 Å². The number of nitrogens with zero attached hydrogens (tertiary/aromatic N) is 2. The normalized spacial score (nSPS) is 11.3. The molecule has 1 aromatic heterocycles. The number of Topliss-reactive ketones (excluding diaryl/α,β-unsaturated/α-hetero) is 1. The van der Waals surface area contributed by atoms with Crippen molar-refractivity contribution in [2.24, 2.45) is 0 Å². The summed E-state index contributed by atoms with van der Waals surface area (Å²) in [5.41, 5.74) is 0.197. The zero-order chi connectivity index (χ0) is 22.1. The van der Waals surface area contributed by atoms with Crippen molar-refractivity contribution in [1.29, 1.82) is 0 Å². The Morgan fingerprint density at radius 3 is 2.43 bits per heavy atom. The number of amides is 1. The lowest BCUT2D eigenvalue weighted by Gasteiger charge is -2.10. The predicted octanol–water partition coefficient (Wildman–Crippen LogP) is 4.34. The molecule has 1 heterocycles. The number of rotatable bonds is 5. The monoisotopic (exact) mass is 417 g/mol. The van der Waals surface area contributed by atoms with Gasteiger partial charge < -0.3 is 10.1 Å². The molecule has 0 aliphatic carbocycles. The predicted molar refractivity (Wildman–Crippen MR) is 104 cm³/mol. The van der Waals surface area contributed by atoms with Gasteiger partial charge in [0.1, 0.15) is 5.75 Å². The fourth-order valence-corrected chi connectivity index (χ4v) is 3.04. The highest BCUT2D eigenvalue weighted by Gasteiger charge is 2.31. The number of carbonyl (C=O) groups is 2. The number of hydrogen-bond donors (Lipinski definition) is 1. The number of ether oxygens (including phenoxy) is 1. The van der Waals surface area contributed by atoms with E-state index in [0.717, 1.165) is 12.1 Å². The average Bonchev–Trinajstić information content (AvgIpc) is 3.01. The molecule has 0 spiro atoms. The van der Waals surface area contributed by atoms with Gasteiger partial charge in [-0.2, -0.15) is 18.3 Å². The van der Waals surface area contributed by atoms with Crippen LogP contribution in [0.25, 0.3) is 5.69 Å². The van der Waals surface area contributed by atoms with Gasteiger partial charge in [0.2, 0.25) is 0 Å². The lowest BCUT2D eigenvalue weighted by atomic mass is 10.1. The van der Waals surface area contributed by atoms with E-state index in [1.54, 1.807) is 24.3 Å². The molecule has 0 aliphatic heterocycles. The van der Waals surface area contributed by atoms with Crippen molar-refractivity contribution in [3.8, 4) is 11.4 Å². The summed E-state index contributed by atoms with van der Waals surface area (Å²) in [6.45, 7) is 3.04. The maximum absolute atomic E-state index is 13.0. The summed E-state index contributed by atoms with van der Waals surface area (Å²) in [5, 5.41) is 6.66. The summed E-state index contributed by atoms with van der Waals surface area (Å²) in [5.74, 6) is -1.23. The van der Waals surface area contributed by atoms with Crippen LogP contribution in [0.4, 0.5) is 18.9 Å². The fraction of sp³-hybridized carbons (Fsp3) is 0.190. The number of aryl methyl sites for hydroxylation is 1. The molecule has 1 N–H and O–H groups in total. The Morgan fingerprint density at radius 2 is 1.77 bits per heavy atom. The zero-order valence-corrected chi connectivity index (χ0v) is 16.4. The number of ketones is 1. The van der Waals surface area contributed by atoms with Gasteiger partial charge >= 0.3 is 6.18 Å². The Balaban J connectivity index is 1.91. The number of aromatic nitrogens is 2. The Kier molecular flexibility index (Phi) is 5.64. The molecule has 0 fully saturated rings. The van der Waals surface area contributed by atoms with E-state index < -0.39 is 23.4 Å². The maximum atomic E-state index is 13.0. The van der Waals surface area contributed by atoms with Crippen LogP contribution >= 0.6 is 0 Å². The molecule has 1 amide bonds. The second-order valence-corrected chi connectivity index (χ2v) is 6.52. The van der Waals surface area contributed by atoms with Crippen molar-refractivity contribution in [3.05, 3.63) is 71.0 Å². The average molecular weight is 417 g/mol. The number of anilines is 1. The summed E-state index contributed by atoms with van der Waals surface area (Å²) in [6, 6.07) is 11.1. The van der Waals surface area contributed by atoms with Gasteiger partial charge in [-0.3, -0.25) is 9.59 Å². The maximum Gasteiger partial charge on any atom is 0.416 e. The Bertz CT molecular complexity index is 1120. The first-order valence-corrected chi connectivity index (χ1v) is 8.85. The van der Waals surface area contributed by atoms with Crippen LogP contribution in [0.1, 0.15) is 27.3 Å². The summed E-state index contributed by atoms with van der Waals surface area (Å²) in [4.78, 5) is 25.2. The third-order valence-electron chi connectivity index (χ3n) is 4.47. The standard InChI is InChI=1S/C21H18F3N3O3/c1-12-18(19(28)20(29)25-15-7-5-9-17(11-15)30-3)13(2)27(26-12)16-8-4-6-14(10-16)21(22,23)24/h4-11H,1-3H3,(H,25,29). The first kappa shape index (κ1) is 21.1. The fourth-order valence-electron chi connectivity index (χ4n) is 3.04. The zero-order valence-electron chi connectivity index (χ0n) is 16.4. The van der Waals surface area contributed by atoms with Crippen LogP contribution in [0.5, 0.6) is 5.75 Å². The summed E-state index contributed by atoms with van der Waals surface area (Å²) >= 11 is 0. The SMILES string of the molecule is COc1cccc(NC(=O)C(=O)c2c(C)nn(-c3cccc(C(F)(F)F)c3)c2C)c1. The molecule has 0 radical (unpaired) electrons. The number of methoxy groups -OCH3 is 1. The molecule has 0 saturated carbocycles. The molecule has 156 valence electrons. The third kappa shape index (κ3) is 4.19. The van der Waals surface area contributed by atoms with Crippen LogP contribution in [0.15, 0.2) is 48.5 Å². The van der Waals surface area contributed by atoms with Gasteiger partial charge in [0.05, 0.1) is 35.3 Å². The molecule has 3 aromatic rings. The molecule has 0 unspecified atom stereocenters. The molecule has 0 aliphatic rings. The van der Waals surface area contributed by atoms with Gasteiger partial charge in [0.15, 0.2) is 0 Å². The Morgan fingerprint density at radius 1 is 1.07 bits per heavy atom. The Labute approximate surface area is 170 Å². The number of halogens is 3. The van der Waals surface area contributed by atoms with E-state index in [-0.39, 0.29) is 22.6 Å². The second kappa shape index (κ2) is 8.02. The minimum absolute atomic E-state index is 0.0350. The van der Waals surface area contributed by atoms with Crippen molar-refractivity contribution in [3.63, 3.8) is 0 Å². The molecular formula is C21H18F3N3O3. The summed E-state index contributed by atoms with van der Waals surface area (Å²) in [6.07, 6.45) is -4.51. The molecular weight excluding hydrogens is 399 g/mol. The molecule has 0 bridgehead atoms. The summed E-state index contributed by atoms with van der Waals surface area (Å²) < 4.78 is 45.3. The molecule has 2 aromatic carbocycles. The van der Waals surface area contributed by atoms with Crippen molar-refractivity contribution in [2.45, 2.75) is 20.0 Å². The van der Waals surface area contributed by atoms with Crippen molar-refractivity contribution >= 4 is 17.4 Å². The quantitative estimate of drug-likeness (QED) is 0.495. The van der Waals surface area contributed by atoms with Crippen LogP contribution in [0.3, 0.4) is 0 Å². The first-order chi connectivity index (χ1) is 14.1. The highest BCUT2D eigenvalue weighted by Crippen LogP contribution is 2.31. The van der Waals surface area contributed by atoms with Crippen molar-refractivity contribution in [2.75, 3.05) is 12.4 Å². The van der Waals surface area contributed by atoms with Crippen LogP contribution < -0.4 is 10.1 Å². The number of nitrogens with one attached hydrogen (secondary N) is 1. The van der Waals surface area contributed by atoms with Crippen LogP contribution in [0, 0.1) is 13.8 Å². The minimum Gasteiger partial charge on any atom is -0.497 e. The van der Waals surface area contributed by atoms with Crippen molar-refractivity contribution in [1.82, 2.24) is 9.78 Å². The van der Waals surface area contributed by atoms with E-state index in [0.29, 0.717) is 11.4 Å². The number of benzene rings is 2. The summed E-state index contributed by atoms with van der Waals surface area (Å²) in [7, 11) is 1.47. The smallest absolute Gasteiger partial charge is 0.416 e. The topological polar surface area (TPSA) is 73.2 Å². The van der Waals surface area contributed by atoms with E-state index in [9.17, 15) is 22.8 Å². The lowest BCUT2D eigenvalue weighted by Crippen LogP contribution is -2.24. The molecule has 6 nitrogen and oxygen atoms in total. The van der Waals surface area contributed by atoms with Gasteiger partial charge in [-0.1, -0.05) is 12.1 Å². The second-order valence-electron chi connectivity index (χ2n) is 6.52. The largest absolute Gasteiger partial charge is 0.497 e. The lowest BCUT2D eigenvalue weighted by molar-refractivity contribution is -0.137. The number of hydrogen-bond acceptors (Lipinski definition) is 4. The molecule has 0 saturated heterocycles. The third-order valence-corrected chi connectivity index (χ3v) is 4.47. The van der Waals surface area contributed by atoms with Gasteiger partial charge in [-0.15, -0.1) is 0 Å². The van der Waals surface area contributed by atoms with E-state index in [1.807, 2.05) is 0 Å². The van der Waals surface area contributed by atoms with Gasteiger partial charge in [-0.05, 0) is 44.2 Å². The Hall–Kier alpha value is -3.62. The highest BCUT2D eigenvalue weighted by atomic mass is 19.4. The first-order valence-electron chi connectivity index (χ1n) is 8.85. The number of carbonyl (C=O) groups excluding carboxylic acids is 2. The minimum atomic E-state index is -4.51. The van der Waals surface area contributed by atoms with E-state index >= 15 is 0 Å². The van der Waals surface area contributed by atoms with Gasteiger partial charge in [0.25, 0.3) is 11.7 Å². The van der Waals surface area contributed by atoms with E-state index in [2.05, 4.69) is 10.4 Å². The molecule has 9 heteroatoms. The van der Waals surface area contributed by atoms with Crippen molar-refractivity contribution < 1.29 is 27.5 Å². The van der Waals surface area contributed by atoms with E-state index in [1.165, 1.54) is 37.8 Å². The van der Waals surface area contributed by atoms with Crippen LogP contribution in [-0.2, 0) is 11.0 Å².